The Hall–Kier alpha value is -2.06. The van der Waals surface area contributed by atoms with Crippen molar-refractivity contribution >= 4 is 35.1 Å². The number of nitrogens with one attached hydrogen (secondary N) is 2. The van der Waals surface area contributed by atoms with Crippen LogP contribution in [0.25, 0.3) is 0 Å². The summed E-state index contributed by atoms with van der Waals surface area (Å²) in [4.78, 5) is 28.1. The summed E-state index contributed by atoms with van der Waals surface area (Å²) in [5, 5.41) is 6.06. The van der Waals surface area contributed by atoms with Crippen LogP contribution in [0.15, 0.2) is 41.0 Å². The third-order valence-electron chi connectivity index (χ3n) is 4.51. The monoisotopic (exact) mass is 424 g/mol. The molecule has 2 aromatic rings. The predicted octanol–water partition coefficient (Wildman–Crippen LogP) is 2.73. The number of hydrogen-bond acceptors (Lipinski definition) is 5. The van der Waals surface area contributed by atoms with Crippen molar-refractivity contribution in [1.82, 2.24) is 20.4 Å². The third kappa shape index (κ3) is 5.97. The minimum Gasteiger partial charge on any atom is -0.467 e. The number of hydrogen-bond donors (Lipinski definition) is 2. The molecule has 1 fully saturated rings. The molecule has 3 amide bonds. The average molecular weight is 425 g/mol. The molecule has 0 spiro atoms. The number of urea groups is 1. The number of amides is 3. The van der Waals surface area contributed by atoms with E-state index in [1.54, 1.807) is 18.2 Å². The maximum absolute atomic E-state index is 12.1. The van der Waals surface area contributed by atoms with Gasteiger partial charge in [0.1, 0.15) is 5.76 Å². The second kappa shape index (κ2) is 9.93. The van der Waals surface area contributed by atoms with Gasteiger partial charge in [-0.2, -0.15) is 0 Å². The highest BCUT2D eigenvalue weighted by Gasteiger charge is 2.20. The minimum absolute atomic E-state index is 0.180. The van der Waals surface area contributed by atoms with Crippen molar-refractivity contribution in [1.29, 1.82) is 0 Å². The van der Waals surface area contributed by atoms with Gasteiger partial charge in [0.05, 0.1) is 29.4 Å². The summed E-state index contributed by atoms with van der Waals surface area (Å²) in [6.07, 6.45) is 1.53. The lowest BCUT2D eigenvalue weighted by atomic mass is 10.2. The zero-order valence-electron chi connectivity index (χ0n) is 15.3. The van der Waals surface area contributed by atoms with Crippen molar-refractivity contribution in [2.24, 2.45) is 0 Å². The van der Waals surface area contributed by atoms with Crippen LogP contribution in [0.2, 0.25) is 10.0 Å². The summed E-state index contributed by atoms with van der Waals surface area (Å²) in [6, 6.07) is 8.58. The van der Waals surface area contributed by atoms with Gasteiger partial charge in [0.15, 0.2) is 0 Å². The first kappa shape index (κ1) is 20.7. The zero-order chi connectivity index (χ0) is 19.9. The van der Waals surface area contributed by atoms with E-state index in [0.29, 0.717) is 22.4 Å². The highest BCUT2D eigenvalue weighted by molar-refractivity contribution is 6.42. The van der Waals surface area contributed by atoms with E-state index in [2.05, 4.69) is 15.5 Å². The number of furan rings is 1. The van der Waals surface area contributed by atoms with Gasteiger partial charge in [0, 0.05) is 32.7 Å². The van der Waals surface area contributed by atoms with Crippen LogP contribution in [-0.4, -0.2) is 54.5 Å². The van der Waals surface area contributed by atoms with Crippen molar-refractivity contribution < 1.29 is 14.0 Å². The highest BCUT2D eigenvalue weighted by atomic mass is 35.5. The lowest BCUT2D eigenvalue weighted by Crippen LogP contribution is -2.50. The fourth-order valence-electron chi connectivity index (χ4n) is 3.01. The van der Waals surface area contributed by atoms with Crippen LogP contribution in [0.5, 0.6) is 0 Å². The Morgan fingerprint density at radius 1 is 1.04 bits per heavy atom. The molecule has 1 aromatic heterocycles. The van der Waals surface area contributed by atoms with E-state index >= 15 is 0 Å². The molecule has 7 nitrogen and oxygen atoms in total. The van der Waals surface area contributed by atoms with Crippen molar-refractivity contribution in [3.05, 3.63) is 58.0 Å². The zero-order valence-corrected chi connectivity index (χ0v) is 16.8. The SMILES string of the molecule is O=C(CN1CCN(Cc2cccc(Cl)c2Cl)CC1)NC(=O)NCc1ccco1. The van der Waals surface area contributed by atoms with Gasteiger partial charge in [-0.15, -0.1) is 0 Å². The summed E-state index contributed by atoms with van der Waals surface area (Å²) in [6.45, 7) is 4.21. The van der Waals surface area contributed by atoms with Crippen molar-refractivity contribution in [2.45, 2.75) is 13.1 Å². The molecule has 0 aliphatic carbocycles. The Morgan fingerprint density at radius 2 is 1.79 bits per heavy atom. The van der Waals surface area contributed by atoms with Gasteiger partial charge in [0.2, 0.25) is 5.91 Å². The van der Waals surface area contributed by atoms with E-state index in [0.717, 1.165) is 31.7 Å². The van der Waals surface area contributed by atoms with Gasteiger partial charge in [-0.3, -0.25) is 19.9 Å². The van der Waals surface area contributed by atoms with E-state index in [9.17, 15) is 9.59 Å². The van der Waals surface area contributed by atoms with E-state index < -0.39 is 6.03 Å². The summed E-state index contributed by atoms with van der Waals surface area (Å²) < 4.78 is 5.12. The topological polar surface area (TPSA) is 77.8 Å². The molecule has 150 valence electrons. The Balaban J connectivity index is 1.37. The molecule has 3 rings (SSSR count). The van der Waals surface area contributed by atoms with Crippen molar-refractivity contribution in [2.75, 3.05) is 32.7 Å². The number of halogens is 2. The number of rotatable bonds is 6. The fourth-order valence-corrected chi connectivity index (χ4v) is 3.39. The molecule has 2 N–H and O–H groups in total. The maximum atomic E-state index is 12.1. The van der Waals surface area contributed by atoms with Crippen LogP contribution >= 0.6 is 23.2 Å². The number of nitrogens with zero attached hydrogens (tertiary/aromatic N) is 2. The average Bonchev–Trinajstić information content (AvgIpc) is 3.19. The number of benzene rings is 1. The number of carbonyl (C=O) groups excluding carboxylic acids is 2. The summed E-state index contributed by atoms with van der Waals surface area (Å²) in [7, 11) is 0. The standard InChI is InChI=1S/C19H22Cl2N4O3/c20-16-5-1-3-14(18(16)21)12-24-6-8-25(9-7-24)13-17(26)23-19(27)22-11-15-4-2-10-28-15/h1-5,10H,6-9,11-13H2,(H2,22,23,26,27). The molecule has 0 unspecified atom stereocenters. The number of carbonyl (C=O) groups is 2. The number of imide groups is 1. The van der Waals surface area contributed by atoms with Gasteiger partial charge in [-0.25, -0.2) is 4.79 Å². The molecular formula is C19H22Cl2N4O3. The second-order valence-corrected chi connectivity index (χ2v) is 7.36. The van der Waals surface area contributed by atoms with Crippen LogP contribution in [0.4, 0.5) is 4.79 Å². The largest absolute Gasteiger partial charge is 0.467 e. The molecule has 0 radical (unpaired) electrons. The Labute approximate surface area is 173 Å². The maximum Gasteiger partial charge on any atom is 0.321 e. The molecule has 0 atom stereocenters. The Kier molecular flexibility index (Phi) is 7.33. The predicted molar refractivity (Wildman–Crippen MR) is 107 cm³/mol. The van der Waals surface area contributed by atoms with Gasteiger partial charge in [-0.05, 0) is 23.8 Å². The molecule has 0 saturated carbocycles. The Bertz CT molecular complexity index is 806. The summed E-state index contributed by atoms with van der Waals surface area (Å²) >= 11 is 12.3. The number of piperazine rings is 1. The van der Waals surface area contributed by atoms with E-state index in [4.69, 9.17) is 27.6 Å². The van der Waals surface area contributed by atoms with Crippen LogP contribution in [0.1, 0.15) is 11.3 Å². The molecule has 1 aromatic carbocycles. The van der Waals surface area contributed by atoms with Gasteiger partial charge in [0.25, 0.3) is 0 Å². The van der Waals surface area contributed by atoms with Crippen LogP contribution in [-0.2, 0) is 17.9 Å². The minimum atomic E-state index is -0.532. The Morgan fingerprint density at radius 3 is 2.50 bits per heavy atom. The van der Waals surface area contributed by atoms with Gasteiger partial charge >= 0.3 is 6.03 Å². The first-order valence-corrected chi connectivity index (χ1v) is 9.74. The fraction of sp³-hybridized carbons (Fsp3) is 0.368. The van der Waals surface area contributed by atoms with Gasteiger partial charge in [-0.1, -0.05) is 35.3 Å². The highest BCUT2D eigenvalue weighted by Crippen LogP contribution is 2.26. The van der Waals surface area contributed by atoms with E-state index in [1.807, 2.05) is 17.0 Å². The smallest absolute Gasteiger partial charge is 0.321 e. The van der Waals surface area contributed by atoms with Crippen molar-refractivity contribution in [3.63, 3.8) is 0 Å². The summed E-state index contributed by atoms with van der Waals surface area (Å²) in [5.41, 5.74) is 0.994. The second-order valence-electron chi connectivity index (χ2n) is 6.58. The van der Waals surface area contributed by atoms with Crippen LogP contribution in [0, 0.1) is 0 Å². The van der Waals surface area contributed by atoms with E-state index in [1.165, 1.54) is 6.26 Å². The molecule has 2 heterocycles. The molecule has 9 heteroatoms. The normalized spacial score (nSPS) is 15.4. The first-order valence-electron chi connectivity index (χ1n) is 8.99. The molecular weight excluding hydrogens is 403 g/mol. The van der Waals surface area contributed by atoms with Crippen molar-refractivity contribution in [3.8, 4) is 0 Å². The molecule has 1 aliphatic heterocycles. The van der Waals surface area contributed by atoms with Gasteiger partial charge < -0.3 is 9.73 Å². The first-order chi connectivity index (χ1) is 13.5. The summed E-state index contributed by atoms with van der Waals surface area (Å²) in [5.74, 6) is 0.293. The van der Waals surface area contributed by atoms with E-state index in [-0.39, 0.29) is 19.0 Å². The lowest BCUT2D eigenvalue weighted by molar-refractivity contribution is -0.121. The van der Waals surface area contributed by atoms with Crippen LogP contribution in [0.3, 0.4) is 0 Å². The van der Waals surface area contributed by atoms with Crippen LogP contribution < -0.4 is 10.6 Å². The molecule has 1 aliphatic rings. The quantitative estimate of drug-likeness (QED) is 0.745. The third-order valence-corrected chi connectivity index (χ3v) is 5.37. The molecule has 1 saturated heterocycles. The molecule has 28 heavy (non-hydrogen) atoms. The molecule has 0 bridgehead atoms. The lowest BCUT2D eigenvalue weighted by Gasteiger charge is -2.34.